The molecule has 0 aliphatic carbocycles. The van der Waals surface area contributed by atoms with E-state index in [4.69, 9.17) is 5.73 Å². The summed E-state index contributed by atoms with van der Waals surface area (Å²) in [5, 5.41) is 22.8. The van der Waals surface area contributed by atoms with E-state index in [9.17, 15) is 20.0 Å². The third-order valence-electron chi connectivity index (χ3n) is 3.19. The van der Waals surface area contributed by atoms with Crippen molar-refractivity contribution in [3.05, 3.63) is 28.3 Å². The first-order valence-corrected chi connectivity index (χ1v) is 6.85. The topological polar surface area (TPSA) is 118 Å². The molecule has 7 heteroatoms. The van der Waals surface area contributed by atoms with Crippen molar-refractivity contribution in [1.29, 1.82) is 0 Å². The molecule has 4 N–H and O–H groups in total. The van der Waals surface area contributed by atoms with Gasteiger partial charge in [0, 0.05) is 18.0 Å². The van der Waals surface area contributed by atoms with E-state index in [0.29, 0.717) is 6.42 Å². The summed E-state index contributed by atoms with van der Waals surface area (Å²) < 4.78 is 0. The van der Waals surface area contributed by atoms with Gasteiger partial charge in [0.1, 0.15) is 5.75 Å². The van der Waals surface area contributed by atoms with Gasteiger partial charge in [-0.1, -0.05) is 13.3 Å². The van der Waals surface area contributed by atoms with E-state index >= 15 is 0 Å². The van der Waals surface area contributed by atoms with Gasteiger partial charge in [0.25, 0.3) is 5.69 Å². The van der Waals surface area contributed by atoms with Crippen LogP contribution in [0.2, 0.25) is 0 Å². The van der Waals surface area contributed by atoms with E-state index in [-0.39, 0.29) is 35.0 Å². The average Bonchev–Trinajstić information content (AvgIpc) is 2.40. The van der Waals surface area contributed by atoms with E-state index in [1.807, 2.05) is 6.92 Å². The SMILES string of the molecule is CC(N)CCCC(C)C(=O)Nc1ccc([N+](=O)[O-])cc1O. The van der Waals surface area contributed by atoms with Crippen molar-refractivity contribution < 1.29 is 14.8 Å². The maximum absolute atomic E-state index is 12.0. The zero-order chi connectivity index (χ0) is 16.0. The number of nitro benzene ring substituents is 1. The quantitative estimate of drug-likeness (QED) is 0.405. The van der Waals surface area contributed by atoms with Crippen molar-refractivity contribution in [1.82, 2.24) is 0 Å². The number of carbonyl (C=O) groups excluding carboxylic acids is 1. The van der Waals surface area contributed by atoms with Gasteiger partial charge < -0.3 is 16.2 Å². The minimum absolute atomic E-state index is 0.110. The van der Waals surface area contributed by atoms with Gasteiger partial charge in [-0.2, -0.15) is 0 Å². The molecule has 0 spiro atoms. The first-order chi connectivity index (χ1) is 9.81. The van der Waals surface area contributed by atoms with Crippen LogP contribution < -0.4 is 11.1 Å². The zero-order valence-electron chi connectivity index (χ0n) is 12.2. The Kier molecular flexibility index (Phi) is 6.10. The highest BCUT2D eigenvalue weighted by Gasteiger charge is 2.16. The Balaban J connectivity index is 2.60. The lowest BCUT2D eigenvalue weighted by atomic mass is 10.0. The minimum Gasteiger partial charge on any atom is -0.506 e. The third-order valence-corrected chi connectivity index (χ3v) is 3.19. The van der Waals surface area contributed by atoms with Gasteiger partial charge in [0.05, 0.1) is 16.7 Å². The molecule has 2 unspecified atom stereocenters. The molecule has 7 nitrogen and oxygen atoms in total. The highest BCUT2D eigenvalue weighted by atomic mass is 16.6. The first-order valence-electron chi connectivity index (χ1n) is 6.85. The number of carbonyl (C=O) groups is 1. The highest BCUT2D eigenvalue weighted by molar-refractivity contribution is 5.93. The monoisotopic (exact) mass is 295 g/mol. The number of nitrogens with one attached hydrogen (secondary N) is 1. The lowest BCUT2D eigenvalue weighted by molar-refractivity contribution is -0.384. The van der Waals surface area contributed by atoms with Crippen molar-refractivity contribution in [2.75, 3.05) is 5.32 Å². The van der Waals surface area contributed by atoms with Gasteiger partial charge in [0.15, 0.2) is 0 Å². The van der Waals surface area contributed by atoms with E-state index in [2.05, 4.69) is 5.32 Å². The summed E-state index contributed by atoms with van der Waals surface area (Å²) in [6.45, 7) is 3.71. The molecule has 2 atom stereocenters. The number of benzene rings is 1. The smallest absolute Gasteiger partial charge is 0.273 e. The fraction of sp³-hybridized carbons (Fsp3) is 0.500. The second-order valence-corrected chi connectivity index (χ2v) is 5.26. The van der Waals surface area contributed by atoms with Gasteiger partial charge >= 0.3 is 0 Å². The predicted octanol–water partition coefficient (Wildman–Crippen LogP) is 2.39. The molecule has 1 aromatic carbocycles. The van der Waals surface area contributed by atoms with Crippen LogP contribution >= 0.6 is 0 Å². The first kappa shape index (κ1) is 16.9. The molecule has 0 fully saturated rings. The molecule has 0 heterocycles. The van der Waals surface area contributed by atoms with E-state index < -0.39 is 4.92 Å². The molecule has 1 rings (SSSR count). The second-order valence-electron chi connectivity index (χ2n) is 5.26. The number of hydrogen-bond acceptors (Lipinski definition) is 5. The van der Waals surface area contributed by atoms with Gasteiger partial charge in [-0.15, -0.1) is 0 Å². The number of phenols is 1. The summed E-state index contributed by atoms with van der Waals surface area (Å²) in [7, 11) is 0. The molecule has 116 valence electrons. The summed E-state index contributed by atoms with van der Waals surface area (Å²) in [6.07, 6.45) is 2.39. The number of phenolic OH excluding ortho intramolecular Hbond substituents is 1. The summed E-state index contributed by atoms with van der Waals surface area (Å²) in [6, 6.07) is 3.67. The molecule has 0 bridgehead atoms. The van der Waals surface area contributed by atoms with Crippen molar-refractivity contribution in [3.63, 3.8) is 0 Å². The number of nitro groups is 1. The van der Waals surface area contributed by atoms with Crippen LogP contribution in [-0.4, -0.2) is 22.0 Å². The van der Waals surface area contributed by atoms with E-state index in [0.717, 1.165) is 18.9 Å². The average molecular weight is 295 g/mol. The van der Waals surface area contributed by atoms with Gasteiger partial charge in [-0.05, 0) is 25.8 Å². The zero-order valence-corrected chi connectivity index (χ0v) is 12.2. The van der Waals surface area contributed by atoms with Crippen molar-refractivity contribution >= 4 is 17.3 Å². The molecule has 1 aromatic rings. The van der Waals surface area contributed by atoms with E-state index in [1.165, 1.54) is 12.1 Å². The number of aromatic hydroxyl groups is 1. The lowest BCUT2D eigenvalue weighted by Gasteiger charge is -2.13. The molecule has 1 amide bonds. The number of non-ortho nitro benzene ring substituents is 1. The third kappa shape index (κ3) is 5.39. The van der Waals surface area contributed by atoms with Gasteiger partial charge in [0.2, 0.25) is 5.91 Å². The molecule has 0 saturated carbocycles. The Bertz CT molecular complexity index is 517. The molecule has 21 heavy (non-hydrogen) atoms. The Labute approximate surface area is 123 Å². The molecule has 0 aliphatic heterocycles. The maximum atomic E-state index is 12.0. The van der Waals surface area contributed by atoms with Crippen LogP contribution in [0.15, 0.2) is 18.2 Å². The van der Waals surface area contributed by atoms with Crippen LogP contribution in [0.25, 0.3) is 0 Å². The molecule has 0 aliphatic rings. The van der Waals surface area contributed by atoms with Crippen LogP contribution in [0.4, 0.5) is 11.4 Å². The second kappa shape index (κ2) is 7.58. The standard InChI is InChI=1S/C14H21N3O4/c1-9(4-3-5-10(2)15)14(19)16-12-7-6-11(17(20)21)8-13(12)18/h6-10,18H,3-5,15H2,1-2H3,(H,16,19). The number of nitrogens with zero attached hydrogens (tertiary/aromatic N) is 1. The fourth-order valence-corrected chi connectivity index (χ4v) is 1.87. The summed E-state index contributed by atoms with van der Waals surface area (Å²) in [5.74, 6) is -0.775. The largest absolute Gasteiger partial charge is 0.506 e. The molecular weight excluding hydrogens is 274 g/mol. The van der Waals surface area contributed by atoms with E-state index in [1.54, 1.807) is 6.92 Å². The number of anilines is 1. The lowest BCUT2D eigenvalue weighted by Crippen LogP contribution is -2.21. The van der Waals surface area contributed by atoms with Crippen molar-refractivity contribution in [2.45, 2.75) is 39.2 Å². The van der Waals surface area contributed by atoms with Crippen LogP contribution in [0, 0.1) is 16.0 Å². The van der Waals surface area contributed by atoms with Crippen LogP contribution in [0.3, 0.4) is 0 Å². The molecule has 0 aromatic heterocycles. The minimum atomic E-state index is -0.609. The van der Waals surface area contributed by atoms with Crippen molar-refractivity contribution in [2.24, 2.45) is 11.7 Å². The normalized spacial score (nSPS) is 13.5. The molecule has 0 saturated heterocycles. The fourth-order valence-electron chi connectivity index (χ4n) is 1.87. The number of rotatable bonds is 7. The van der Waals surface area contributed by atoms with Crippen LogP contribution in [-0.2, 0) is 4.79 Å². The predicted molar refractivity (Wildman–Crippen MR) is 80.1 cm³/mol. The Morgan fingerprint density at radius 1 is 1.43 bits per heavy atom. The van der Waals surface area contributed by atoms with Crippen LogP contribution in [0.1, 0.15) is 33.1 Å². The summed E-state index contributed by atoms with van der Waals surface area (Å²) in [4.78, 5) is 21.9. The summed E-state index contributed by atoms with van der Waals surface area (Å²) in [5.41, 5.74) is 5.59. The highest BCUT2D eigenvalue weighted by Crippen LogP contribution is 2.28. The Morgan fingerprint density at radius 3 is 2.62 bits per heavy atom. The maximum Gasteiger partial charge on any atom is 0.273 e. The van der Waals surface area contributed by atoms with Gasteiger partial charge in [-0.25, -0.2) is 0 Å². The number of amides is 1. The number of hydrogen-bond donors (Lipinski definition) is 3. The summed E-state index contributed by atoms with van der Waals surface area (Å²) >= 11 is 0. The van der Waals surface area contributed by atoms with Gasteiger partial charge in [-0.3, -0.25) is 14.9 Å². The Morgan fingerprint density at radius 2 is 2.10 bits per heavy atom. The van der Waals surface area contributed by atoms with Crippen LogP contribution in [0.5, 0.6) is 5.75 Å². The Hall–Kier alpha value is -2.15. The van der Waals surface area contributed by atoms with Crippen molar-refractivity contribution in [3.8, 4) is 5.75 Å². The molecule has 0 radical (unpaired) electrons. The molecular formula is C14H21N3O4. The number of nitrogens with two attached hydrogens (primary N) is 1.